The summed E-state index contributed by atoms with van der Waals surface area (Å²) in [6.45, 7) is 8.58. The predicted octanol–water partition coefficient (Wildman–Crippen LogP) is 4.21. The Bertz CT molecular complexity index is 307. The van der Waals surface area contributed by atoms with Crippen LogP contribution in [-0.4, -0.2) is 11.5 Å². The van der Waals surface area contributed by atoms with Crippen molar-refractivity contribution in [2.75, 3.05) is 6.54 Å². The molecular formula is C14H26N2S. The average molecular weight is 254 g/mol. The molecule has 0 saturated heterocycles. The van der Waals surface area contributed by atoms with E-state index in [0.29, 0.717) is 0 Å². The van der Waals surface area contributed by atoms with Crippen molar-refractivity contribution in [3.05, 3.63) is 15.6 Å². The molecule has 0 amide bonds. The second-order valence-electron chi connectivity index (χ2n) is 4.69. The third kappa shape index (κ3) is 6.18. The Morgan fingerprint density at radius 2 is 1.76 bits per heavy atom. The van der Waals surface area contributed by atoms with Gasteiger partial charge < -0.3 is 5.32 Å². The van der Waals surface area contributed by atoms with Crippen LogP contribution < -0.4 is 5.32 Å². The van der Waals surface area contributed by atoms with Crippen LogP contribution in [0.4, 0.5) is 0 Å². The summed E-state index contributed by atoms with van der Waals surface area (Å²) >= 11 is 1.82. The SMILES string of the molecule is CCCCCCCCNCc1sc(C)nc1C. The van der Waals surface area contributed by atoms with Gasteiger partial charge in [0.05, 0.1) is 10.7 Å². The van der Waals surface area contributed by atoms with E-state index in [1.807, 2.05) is 11.3 Å². The van der Waals surface area contributed by atoms with Gasteiger partial charge in [-0.15, -0.1) is 11.3 Å². The quantitative estimate of drug-likeness (QED) is 0.668. The van der Waals surface area contributed by atoms with Gasteiger partial charge in [-0.05, 0) is 26.8 Å². The lowest BCUT2D eigenvalue weighted by atomic mass is 10.1. The summed E-state index contributed by atoms with van der Waals surface area (Å²) in [5.74, 6) is 0. The Kier molecular flexibility index (Phi) is 7.45. The topological polar surface area (TPSA) is 24.9 Å². The summed E-state index contributed by atoms with van der Waals surface area (Å²) in [5, 5.41) is 4.70. The molecule has 2 nitrogen and oxygen atoms in total. The lowest BCUT2D eigenvalue weighted by molar-refractivity contribution is 0.573. The molecule has 0 aliphatic heterocycles. The molecule has 1 N–H and O–H groups in total. The van der Waals surface area contributed by atoms with Crippen LogP contribution in [0, 0.1) is 13.8 Å². The molecule has 0 aliphatic rings. The Morgan fingerprint density at radius 3 is 2.41 bits per heavy atom. The molecule has 0 spiro atoms. The Labute approximate surface area is 110 Å². The molecule has 0 saturated carbocycles. The molecule has 0 bridgehead atoms. The van der Waals surface area contributed by atoms with Gasteiger partial charge in [-0.25, -0.2) is 4.98 Å². The van der Waals surface area contributed by atoms with Crippen LogP contribution in [0.25, 0.3) is 0 Å². The molecule has 1 aromatic rings. The van der Waals surface area contributed by atoms with Gasteiger partial charge in [0.1, 0.15) is 0 Å². The minimum absolute atomic E-state index is 0.992. The highest BCUT2D eigenvalue weighted by atomic mass is 32.1. The van der Waals surface area contributed by atoms with Gasteiger partial charge >= 0.3 is 0 Å². The van der Waals surface area contributed by atoms with Gasteiger partial charge in [-0.1, -0.05) is 39.0 Å². The molecule has 0 fully saturated rings. The van der Waals surface area contributed by atoms with Crippen LogP contribution in [0.15, 0.2) is 0 Å². The molecule has 98 valence electrons. The Morgan fingerprint density at radius 1 is 1.06 bits per heavy atom. The zero-order chi connectivity index (χ0) is 12.5. The molecule has 1 aromatic heterocycles. The number of aryl methyl sites for hydroxylation is 2. The normalized spacial score (nSPS) is 11.0. The summed E-state index contributed by atoms with van der Waals surface area (Å²) in [5.41, 5.74) is 1.20. The summed E-state index contributed by atoms with van der Waals surface area (Å²) in [6.07, 6.45) is 8.21. The van der Waals surface area contributed by atoms with E-state index in [-0.39, 0.29) is 0 Å². The van der Waals surface area contributed by atoms with Crippen molar-refractivity contribution in [2.45, 2.75) is 65.8 Å². The van der Waals surface area contributed by atoms with Crippen LogP contribution in [-0.2, 0) is 6.54 Å². The van der Waals surface area contributed by atoms with Crippen LogP contribution in [0.1, 0.15) is 61.0 Å². The fourth-order valence-corrected chi connectivity index (χ4v) is 2.88. The second-order valence-corrected chi connectivity index (χ2v) is 5.97. The average Bonchev–Trinajstić information content (AvgIpc) is 2.61. The summed E-state index contributed by atoms with van der Waals surface area (Å²) in [6, 6.07) is 0. The van der Waals surface area contributed by atoms with Gasteiger partial charge in [-0.3, -0.25) is 0 Å². The first-order valence-corrected chi connectivity index (χ1v) is 7.69. The third-order valence-corrected chi connectivity index (χ3v) is 4.07. The second kappa shape index (κ2) is 8.65. The van der Waals surface area contributed by atoms with Crippen molar-refractivity contribution < 1.29 is 0 Å². The van der Waals surface area contributed by atoms with Gasteiger partial charge in [-0.2, -0.15) is 0 Å². The molecule has 1 rings (SSSR count). The molecule has 0 radical (unpaired) electrons. The highest BCUT2D eigenvalue weighted by Crippen LogP contribution is 2.16. The molecule has 0 atom stereocenters. The van der Waals surface area contributed by atoms with Gasteiger partial charge in [0.25, 0.3) is 0 Å². The smallest absolute Gasteiger partial charge is 0.0900 e. The zero-order valence-electron chi connectivity index (χ0n) is 11.5. The van der Waals surface area contributed by atoms with E-state index >= 15 is 0 Å². The first-order chi connectivity index (χ1) is 8.24. The number of thiazole rings is 1. The maximum atomic E-state index is 4.44. The van der Waals surface area contributed by atoms with Crippen molar-refractivity contribution in [3.8, 4) is 0 Å². The van der Waals surface area contributed by atoms with Crippen molar-refractivity contribution in [1.82, 2.24) is 10.3 Å². The van der Waals surface area contributed by atoms with E-state index in [1.54, 1.807) is 0 Å². The van der Waals surface area contributed by atoms with Crippen LogP contribution in [0.5, 0.6) is 0 Å². The molecule has 3 heteroatoms. The highest BCUT2D eigenvalue weighted by Gasteiger charge is 2.03. The summed E-state index contributed by atoms with van der Waals surface area (Å²) in [7, 11) is 0. The largest absolute Gasteiger partial charge is 0.312 e. The van der Waals surface area contributed by atoms with Crippen LogP contribution in [0.2, 0.25) is 0 Å². The molecule has 0 aliphatic carbocycles. The van der Waals surface area contributed by atoms with Crippen LogP contribution >= 0.6 is 11.3 Å². The van der Waals surface area contributed by atoms with Crippen molar-refractivity contribution in [3.63, 3.8) is 0 Å². The van der Waals surface area contributed by atoms with E-state index in [1.165, 1.54) is 54.1 Å². The fraction of sp³-hybridized carbons (Fsp3) is 0.786. The molecule has 0 aromatic carbocycles. The maximum absolute atomic E-state index is 4.44. The Hall–Kier alpha value is -0.410. The van der Waals surface area contributed by atoms with E-state index in [2.05, 4.69) is 31.1 Å². The summed E-state index contributed by atoms with van der Waals surface area (Å²) in [4.78, 5) is 5.84. The number of rotatable bonds is 9. The number of nitrogens with zero attached hydrogens (tertiary/aromatic N) is 1. The third-order valence-electron chi connectivity index (χ3n) is 2.99. The minimum atomic E-state index is 0.992. The van der Waals surface area contributed by atoms with Crippen molar-refractivity contribution in [1.29, 1.82) is 0 Å². The van der Waals surface area contributed by atoms with Gasteiger partial charge in [0, 0.05) is 11.4 Å². The van der Waals surface area contributed by atoms with Crippen molar-refractivity contribution >= 4 is 11.3 Å². The molecular weight excluding hydrogens is 228 g/mol. The minimum Gasteiger partial charge on any atom is -0.312 e. The lowest BCUT2D eigenvalue weighted by Gasteiger charge is -2.03. The summed E-state index contributed by atoms with van der Waals surface area (Å²) < 4.78 is 0. The van der Waals surface area contributed by atoms with Gasteiger partial charge in [0.15, 0.2) is 0 Å². The Balaban J connectivity index is 1.99. The fourth-order valence-electron chi connectivity index (χ4n) is 1.97. The number of hydrogen-bond acceptors (Lipinski definition) is 3. The molecule has 17 heavy (non-hydrogen) atoms. The number of aromatic nitrogens is 1. The van der Waals surface area contributed by atoms with E-state index < -0.39 is 0 Å². The molecule has 1 heterocycles. The first kappa shape index (κ1) is 14.7. The number of unbranched alkanes of at least 4 members (excludes halogenated alkanes) is 5. The number of nitrogens with one attached hydrogen (secondary N) is 1. The molecule has 0 unspecified atom stereocenters. The van der Waals surface area contributed by atoms with E-state index in [4.69, 9.17) is 0 Å². The standard InChI is InChI=1S/C14H26N2S/c1-4-5-6-7-8-9-10-15-11-14-12(2)16-13(3)17-14/h15H,4-11H2,1-3H3. The van der Waals surface area contributed by atoms with Crippen LogP contribution in [0.3, 0.4) is 0 Å². The number of hydrogen-bond donors (Lipinski definition) is 1. The van der Waals surface area contributed by atoms with E-state index in [9.17, 15) is 0 Å². The maximum Gasteiger partial charge on any atom is 0.0900 e. The predicted molar refractivity (Wildman–Crippen MR) is 76.7 cm³/mol. The zero-order valence-corrected chi connectivity index (χ0v) is 12.3. The van der Waals surface area contributed by atoms with Gasteiger partial charge in [0.2, 0.25) is 0 Å². The monoisotopic (exact) mass is 254 g/mol. The van der Waals surface area contributed by atoms with Crippen molar-refractivity contribution in [2.24, 2.45) is 0 Å². The first-order valence-electron chi connectivity index (χ1n) is 6.87. The highest BCUT2D eigenvalue weighted by molar-refractivity contribution is 7.11. The van der Waals surface area contributed by atoms with E-state index in [0.717, 1.165) is 13.1 Å². The lowest BCUT2D eigenvalue weighted by Crippen LogP contribution is -2.14.